The van der Waals surface area contributed by atoms with Crippen LogP contribution in [0.3, 0.4) is 0 Å². The summed E-state index contributed by atoms with van der Waals surface area (Å²) in [5.74, 6) is 1.42. The van der Waals surface area contributed by atoms with Crippen molar-refractivity contribution in [2.75, 3.05) is 19.5 Å². The molecule has 0 radical (unpaired) electrons. The molecule has 6 rings (SSSR count). The van der Waals surface area contributed by atoms with Gasteiger partial charge in [0.25, 0.3) is 5.56 Å². The van der Waals surface area contributed by atoms with Gasteiger partial charge in [-0.15, -0.1) is 0 Å². The average Bonchev–Trinajstić information content (AvgIpc) is 3.31. The van der Waals surface area contributed by atoms with E-state index in [0.29, 0.717) is 22.4 Å². The molecule has 0 unspecified atom stereocenters. The van der Waals surface area contributed by atoms with Gasteiger partial charge < -0.3 is 19.4 Å². The number of aryl methyl sites for hydroxylation is 1. The number of nitrogens with zero attached hydrogens (tertiary/aromatic N) is 3. The first kappa shape index (κ1) is 22.7. The molecular formula is C29H26N4O4. The molecule has 8 heteroatoms. The highest BCUT2D eigenvalue weighted by Gasteiger charge is 2.35. The van der Waals surface area contributed by atoms with Gasteiger partial charge in [-0.25, -0.2) is 4.79 Å². The molecule has 3 heterocycles. The molecule has 0 bridgehead atoms. The molecule has 0 spiro atoms. The maximum atomic E-state index is 13.8. The fraction of sp³-hybridized carbons (Fsp3) is 0.172. The molecule has 1 aliphatic heterocycles. The van der Waals surface area contributed by atoms with Crippen LogP contribution in [0.4, 0.5) is 5.69 Å². The molecule has 0 amide bonds. The van der Waals surface area contributed by atoms with Crippen molar-refractivity contribution in [2.24, 2.45) is 14.1 Å². The monoisotopic (exact) mass is 494 g/mol. The van der Waals surface area contributed by atoms with Crippen molar-refractivity contribution in [3.63, 3.8) is 0 Å². The minimum atomic E-state index is -0.391. The van der Waals surface area contributed by atoms with Gasteiger partial charge in [0.1, 0.15) is 11.5 Å². The Hall–Kier alpha value is -4.72. The zero-order valence-corrected chi connectivity index (χ0v) is 21.0. The maximum Gasteiger partial charge on any atom is 0.331 e. The van der Waals surface area contributed by atoms with Gasteiger partial charge in [0.2, 0.25) is 0 Å². The van der Waals surface area contributed by atoms with Gasteiger partial charge >= 0.3 is 5.69 Å². The first-order valence-electron chi connectivity index (χ1n) is 11.9. The second-order valence-corrected chi connectivity index (χ2v) is 9.06. The van der Waals surface area contributed by atoms with Crippen LogP contribution in [0.5, 0.6) is 11.5 Å². The number of anilines is 1. The van der Waals surface area contributed by atoms with Crippen LogP contribution < -0.4 is 26.0 Å². The normalized spacial score (nSPS) is 14.1. The summed E-state index contributed by atoms with van der Waals surface area (Å²) < 4.78 is 15.9. The maximum absolute atomic E-state index is 13.8. The summed E-state index contributed by atoms with van der Waals surface area (Å²) in [4.78, 5) is 27.0. The van der Waals surface area contributed by atoms with Crippen LogP contribution in [0.25, 0.3) is 27.8 Å². The number of methoxy groups -OCH3 is 2. The molecule has 1 aliphatic rings. The van der Waals surface area contributed by atoms with Gasteiger partial charge in [-0.2, -0.15) is 0 Å². The summed E-state index contributed by atoms with van der Waals surface area (Å²) in [6, 6.07) is 23.0. The molecule has 0 aliphatic carbocycles. The first-order valence-corrected chi connectivity index (χ1v) is 11.9. The van der Waals surface area contributed by atoms with E-state index in [4.69, 9.17) is 9.47 Å². The molecule has 0 saturated carbocycles. The lowest BCUT2D eigenvalue weighted by atomic mass is 9.98. The van der Waals surface area contributed by atoms with E-state index in [0.717, 1.165) is 33.9 Å². The number of fused-ring (bicyclic) bond motifs is 5. The highest BCUT2D eigenvalue weighted by molar-refractivity contribution is 5.99. The van der Waals surface area contributed by atoms with Crippen LogP contribution in [0.1, 0.15) is 17.3 Å². The lowest BCUT2D eigenvalue weighted by Crippen LogP contribution is -2.37. The Balaban J connectivity index is 1.84. The van der Waals surface area contributed by atoms with E-state index in [9.17, 15) is 9.59 Å². The zero-order chi connectivity index (χ0) is 25.8. The van der Waals surface area contributed by atoms with Crippen LogP contribution >= 0.6 is 0 Å². The van der Waals surface area contributed by atoms with Crippen LogP contribution in [-0.2, 0) is 14.1 Å². The van der Waals surface area contributed by atoms with Crippen molar-refractivity contribution in [3.8, 4) is 28.4 Å². The van der Waals surface area contributed by atoms with Gasteiger partial charge in [-0.05, 0) is 48.0 Å². The standard InChI is InChI=1S/C29H26N4O4/c1-31-26-23(28(34)32(2)29(31)35)25(17-13-15-18(36-3)16-14-17)33-21-11-7-6-10-20(21)30-24(27(26)33)19-9-5-8-12-22(19)37-4/h5-16,24,30H,1-4H3/t24-/m1/s1. The summed E-state index contributed by atoms with van der Waals surface area (Å²) >= 11 is 0. The van der Waals surface area contributed by atoms with E-state index in [1.165, 1.54) is 11.6 Å². The Labute approximate surface area is 212 Å². The van der Waals surface area contributed by atoms with E-state index in [-0.39, 0.29) is 11.2 Å². The Kier molecular flexibility index (Phi) is 5.19. The molecule has 1 N–H and O–H groups in total. The third-order valence-corrected chi connectivity index (χ3v) is 7.14. The second-order valence-electron chi connectivity index (χ2n) is 9.06. The second kappa shape index (κ2) is 8.44. The van der Waals surface area contributed by atoms with Gasteiger partial charge in [-0.1, -0.05) is 30.3 Å². The highest BCUT2D eigenvalue weighted by atomic mass is 16.5. The minimum absolute atomic E-state index is 0.345. The van der Waals surface area contributed by atoms with Crippen LogP contribution in [-0.4, -0.2) is 27.9 Å². The van der Waals surface area contributed by atoms with Gasteiger partial charge in [0, 0.05) is 19.7 Å². The fourth-order valence-electron chi connectivity index (χ4n) is 5.38. The molecule has 186 valence electrons. The molecule has 0 saturated heterocycles. The molecular weight excluding hydrogens is 468 g/mol. The third kappa shape index (κ3) is 3.22. The largest absolute Gasteiger partial charge is 0.497 e. The third-order valence-electron chi connectivity index (χ3n) is 7.14. The molecule has 3 aromatic carbocycles. The van der Waals surface area contributed by atoms with E-state index in [1.807, 2.05) is 72.8 Å². The van der Waals surface area contributed by atoms with E-state index in [2.05, 4.69) is 9.88 Å². The number of para-hydroxylation sites is 3. The summed E-state index contributed by atoms with van der Waals surface area (Å²) in [7, 11) is 6.49. The number of benzene rings is 3. The molecule has 1 atom stereocenters. The Morgan fingerprint density at radius 2 is 1.51 bits per heavy atom. The summed E-state index contributed by atoms with van der Waals surface area (Å²) in [5, 5.41) is 4.13. The van der Waals surface area contributed by atoms with E-state index < -0.39 is 6.04 Å². The van der Waals surface area contributed by atoms with Crippen LogP contribution in [0.2, 0.25) is 0 Å². The van der Waals surface area contributed by atoms with Gasteiger partial charge in [0.05, 0.1) is 53.9 Å². The Bertz CT molecular complexity index is 1790. The number of hydrogen-bond acceptors (Lipinski definition) is 5. The number of aromatic nitrogens is 3. The zero-order valence-electron chi connectivity index (χ0n) is 21.0. The topological polar surface area (TPSA) is 79.4 Å². The number of ether oxygens (including phenoxy) is 2. The molecule has 37 heavy (non-hydrogen) atoms. The van der Waals surface area contributed by atoms with Crippen LogP contribution in [0.15, 0.2) is 82.4 Å². The van der Waals surface area contributed by atoms with Crippen molar-refractivity contribution in [1.29, 1.82) is 0 Å². The van der Waals surface area contributed by atoms with Crippen molar-refractivity contribution < 1.29 is 9.47 Å². The lowest BCUT2D eigenvalue weighted by Gasteiger charge is -2.31. The first-order chi connectivity index (χ1) is 18.0. The number of hydrogen-bond donors (Lipinski definition) is 1. The molecule has 5 aromatic rings. The fourth-order valence-corrected chi connectivity index (χ4v) is 5.38. The van der Waals surface area contributed by atoms with Gasteiger partial charge in [0.15, 0.2) is 0 Å². The smallest absolute Gasteiger partial charge is 0.331 e. The minimum Gasteiger partial charge on any atom is -0.497 e. The predicted molar refractivity (Wildman–Crippen MR) is 144 cm³/mol. The van der Waals surface area contributed by atoms with Crippen LogP contribution in [0, 0.1) is 0 Å². The van der Waals surface area contributed by atoms with E-state index in [1.54, 1.807) is 25.8 Å². The summed E-state index contributed by atoms with van der Waals surface area (Å²) in [6.45, 7) is 0. The lowest BCUT2D eigenvalue weighted by molar-refractivity contribution is 0.408. The molecule has 0 fully saturated rings. The molecule has 2 aromatic heterocycles. The van der Waals surface area contributed by atoms with Crippen molar-refractivity contribution in [1.82, 2.24) is 13.7 Å². The van der Waals surface area contributed by atoms with Crippen molar-refractivity contribution in [2.45, 2.75) is 6.04 Å². The Morgan fingerprint density at radius 1 is 0.811 bits per heavy atom. The van der Waals surface area contributed by atoms with E-state index >= 15 is 0 Å². The van der Waals surface area contributed by atoms with Crippen molar-refractivity contribution >= 4 is 16.6 Å². The quantitative estimate of drug-likeness (QED) is 0.405. The molecule has 8 nitrogen and oxygen atoms in total. The SMILES string of the molecule is COc1ccc(-c2c3c(=O)n(C)c(=O)n(C)c3c3n2-c2ccccc2N[C@@H]3c2ccccc2OC)cc1. The number of rotatable bonds is 4. The Morgan fingerprint density at radius 3 is 2.24 bits per heavy atom. The summed E-state index contributed by atoms with van der Waals surface area (Å²) in [6.07, 6.45) is 0. The average molecular weight is 495 g/mol. The summed E-state index contributed by atoms with van der Waals surface area (Å²) in [5.41, 5.74) is 4.89. The highest BCUT2D eigenvalue weighted by Crippen LogP contribution is 2.46. The van der Waals surface area contributed by atoms with Crippen molar-refractivity contribution in [3.05, 3.63) is 105 Å². The predicted octanol–water partition coefficient (Wildman–Crippen LogP) is 4.23. The van der Waals surface area contributed by atoms with Gasteiger partial charge in [-0.3, -0.25) is 13.9 Å². The number of nitrogens with one attached hydrogen (secondary N) is 1.